The molecule has 2 N–H and O–H groups in total. The second-order valence-corrected chi connectivity index (χ2v) is 5.26. The molecule has 0 saturated carbocycles. The number of benzene rings is 1. The Kier molecular flexibility index (Phi) is 6.72. The number of nitrogens with one attached hydrogen (secondary N) is 1. The van der Waals surface area contributed by atoms with Crippen LogP contribution in [0.25, 0.3) is 0 Å². The summed E-state index contributed by atoms with van der Waals surface area (Å²) in [5.74, 6) is -0.258. The maximum absolute atomic E-state index is 11.6. The second kappa shape index (κ2) is 8.29. The monoisotopic (exact) mass is 293 g/mol. The molecule has 0 saturated heterocycles. The molecule has 0 bridgehead atoms. The fourth-order valence-electron chi connectivity index (χ4n) is 1.89. The molecule has 0 radical (unpaired) electrons. The van der Waals surface area contributed by atoms with E-state index in [1.807, 2.05) is 32.0 Å². The SMILES string of the molecule is Cc1ccc(OCCCC(=O)NC(C)CC(=O)O)cc1C. The Bertz CT molecular complexity index is 499. The Morgan fingerprint density at radius 2 is 2.00 bits per heavy atom. The third kappa shape index (κ3) is 6.79. The van der Waals surface area contributed by atoms with E-state index in [2.05, 4.69) is 5.32 Å². The first-order chi connectivity index (χ1) is 9.88. The quantitative estimate of drug-likeness (QED) is 0.722. The highest BCUT2D eigenvalue weighted by Gasteiger charge is 2.10. The lowest BCUT2D eigenvalue weighted by Crippen LogP contribution is -2.34. The smallest absolute Gasteiger partial charge is 0.305 e. The molecular formula is C16H23NO4. The van der Waals surface area contributed by atoms with Crippen LogP contribution in [0.3, 0.4) is 0 Å². The van der Waals surface area contributed by atoms with Crippen LogP contribution in [0.15, 0.2) is 18.2 Å². The molecule has 21 heavy (non-hydrogen) atoms. The van der Waals surface area contributed by atoms with Crippen LogP contribution < -0.4 is 10.1 Å². The summed E-state index contributed by atoms with van der Waals surface area (Å²) < 4.78 is 5.59. The van der Waals surface area contributed by atoms with Crippen LogP contribution in [0.4, 0.5) is 0 Å². The maximum atomic E-state index is 11.6. The van der Waals surface area contributed by atoms with E-state index in [1.54, 1.807) is 6.92 Å². The van der Waals surface area contributed by atoms with Crippen molar-refractivity contribution in [3.8, 4) is 5.75 Å². The molecule has 1 amide bonds. The van der Waals surface area contributed by atoms with Gasteiger partial charge >= 0.3 is 5.97 Å². The summed E-state index contributed by atoms with van der Waals surface area (Å²) in [4.78, 5) is 22.1. The second-order valence-electron chi connectivity index (χ2n) is 5.26. The van der Waals surface area contributed by atoms with Crippen LogP contribution in [-0.4, -0.2) is 29.6 Å². The van der Waals surface area contributed by atoms with Gasteiger partial charge in [-0.25, -0.2) is 0 Å². The van der Waals surface area contributed by atoms with Crippen LogP contribution in [0.5, 0.6) is 5.75 Å². The van der Waals surface area contributed by atoms with Crippen molar-refractivity contribution in [3.63, 3.8) is 0 Å². The number of hydrogen-bond donors (Lipinski definition) is 2. The molecule has 1 unspecified atom stereocenters. The fraction of sp³-hybridized carbons (Fsp3) is 0.500. The highest BCUT2D eigenvalue weighted by molar-refractivity contribution is 5.77. The number of carbonyl (C=O) groups is 2. The van der Waals surface area contributed by atoms with Gasteiger partial charge in [0.2, 0.25) is 5.91 Å². The first-order valence-electron chi connectivity index (χ1n) is 7.09. The Balaban J connectivity index is 2.22. The van der Waals surface area contributed by atoms with Gasteiger partial charge in [-0.15, -0.1) is 0 Å². The van der Waals surface area contributed by atoms with Crippen molar-refractivity contribution < 1.29 is 19.4 Å². The standard InChI is InChI=1S/C16H23NO4/c1-11-6-7-14(9-12(11)2)21-8-4-5-15(18)17-13(3)10-16(19)20/h6-7,9,13H,4-5,8,10H2,1-3H3,(H,17,18)(H,19,20). The first-order valence-corrected chi connectivity index (χ1v) is 7.09. The Morgan fingerprint density at radius 1 is 1.29 bits per heavy atom. The van der Waals surface area contributed by atoms with E-state index >= 15 is 0 Å². The number of rotatable bonds is 8. The molecule has 0 spiro atoms. The normalized spacial score (nSPS) is 11.8. The zero-order chi connectivity index (χ0) is 15.8. The summed E-state index contributed by atoms with van der Waals surface area (Å²) in [7, 11) is 0. The van der Waals surface area contributed by atoms with Crippen molar-refractivity contribution in [2.45, 2.75) is 46.1 Å². The van der Waals surface area contributed by atoms with Crippen LogP contribution >= 0.6 is 0 Å². The molecule has 0 fully saturated rings. The van der Waals surface area contributed by atoms with Crippen molar-refractivity contribution in [1.82, 2.24) is 5.32 Å². The van der Waals surface area contributed by atoms with Crippen LogP contribution in [0.1, 0.15) is 37.3 Å². The first kappa shape index (κ1) is 17.0. The van der Waals surface area contributed by atoms with E-state index < -0.39 is 5.97 Å². The predicted octanol–water partition coefficient (Wildman–Crippen LogP) is 2.44. The van der Waals surface area contributed by atoms with Crippen molar-refractivity contribution in [2.75, 3.05) is 6.61 Å². The van der Waals surface area contributed by atoms with Crippen LogP contribution in [0.2, 0.25) is 0 Å². The summed E-state index contributed by atoms with van der Waals surface area (Å²) in [5, 5.41) is 11.3. The highest BCUT2D eigenvalue weighted by Crippen LogP contribution is 2.16. The summed E-state index contributed by atoms with van der Waals surface area (Å²) in [6, 6.07) is 5.54. The largest absolute Gasteiger partial charge is 0.494 e. The van der Waals surface area contributed by atoms with E-state index in [9.17, 15) is 9.59 Å². The van der Waals surface area contributed by atoms with E-state index in [1.165, 1.54) is 11.1 Å². The van der Waals surface area contributed by atoms with Gasteiger partial charge in [0.05, 0.1) is 13.0 Å². The molecule has 0 aliphatic heterocycles. The molecule has 0 aliphatic carbocycles. The van der Waals surface area contributed by atoms with Gasteiger partial charge in [-0.1, -0.05) is 6.07 Å². The van der Waals surface area contributed by atoms with Gasteiger partial charge in [-0.05, 0) is 50.5 Å². The lowest BCUT2D eigenvalue weighted by Gasteiger charge is -2.12. The van der Waals surface area contributed by atoms with Gasteiger partial charge in [-0.3, -0.25) is 9.59 Å². The fourth-order valence-corrected chi connectivity index (χ4v) is 1.89. The van der Waals surface area contributed by atoms with Gasteiger partial charge in [0.1, 0.15) is 5.75 Å². The van der Waals surface area contributed by atoms with Crippen molar-refractivity contribution in [3.05, 3.63) is 29.3 Å². The van der Waals surface area contributed by atoms with Crippen molar-refractivity contribution >= 4 is 11.9 Å². The summed E-state index contributed by atoms with van der Waals surface area (Å²) in [5.41, 5.74) is 2.39. The summed E-state index contributed by atoms with van der Waals surface area (Å²) in [6.45, 7) is 6.21. The zero-order valence-corrected chi connectivity index (χ0v) is 12.8. The number of carboxylic acids is 1. The third-order valence-electron chi connectivity index (χ3n) is 3.18. The molecule has 116 valence electrons. The topological polar surface area (TPSA) is 75.6 Å². The number of amides is 1. The molecule has 5 nitrogen and oxygen atoms in total. The highest BCUT2D eigenvalue weighted by atomic mass is 16.5. The van der Waals surface area contributed by atoms with E-state index in [0.717, 1.165) is 5.75 Å². The van der Waals surface area contributed by atoms with E-state index in [-0.39, 0.29) is 18.4 Å². The number of aliphatic carboxylic acids is 1. The minimum absolute atomic E-state index is 0.0646. The average molecular weight is 293 g/mol. The minimum atomic E-state index is -0.916. The number of carboxylic acid groups (broad SMARTS) is 1. The lowest BCUT2D eigenvalue weighted by atomic mass is 10.1. The van der Waals surface area contributed by atoms with Crippen molar-refractivity contribution in [2.24, 2.45) is 0 Å². The van der Waals surface area contributed by atoms with Gasteiger partial charge in [0, 0.05) is 12.5 Å². The molecular weight excluding hydrogens is 270 g/mol. The molecule has 0 heterocycles. The molecule has 1 aromatic rings. The van der Waals surface area contributed by atoms with E-state index in [4.69, 9.17) is 9.84 Å². The minimum Gasteiger partial charge on any atom is -0.494 e. The van der Waals surface area contributed by atoms with Gasteiger partial charge in [-0.2, -0.15) is 0 Å². The molecule has 0 aromatic heterocycles. The van der Waals surface area contributed by atoms with Crippen LogP contribution in [0, 0.1) is 13.8 Å². The van der Waals surface area contributed by atoms with Crippen molar-refractivity contribution in [1.29, 1.82) is 0 Å². The molecule has 1 atom stereocenters. The van der Waals surface area contributed by atoms with E-state index in [0.29, 0.717) is 19.4 Å². The third-order valence-corrected chi connectivity index (χ3v) is 3.18. The predicted molar refractivity (Wildman–Crippen MR) is 80.5 cm³/mol. The van der Waals surface area contributed by atoms with Gasteiger partial charge < -0.3 is 15.2 Å². The van der Waals surface area contributed by atoms with Gasteiger partial charge in [0.25, 0.3) is 0 Å². The maximum Gasteiger partial charge on any atom is 0.305 e. The van der Waals surface area contributed by atoms with Gasteiger partial charge in [0.15, 0.2) is 0 Å². The summed E-state index contributed by atoms with van der Waals surface area (Å²) in [6.07, 6.45) is 0.859. The van der Waals surface area contributed by atoms with Crippen LogP contribution in [-0.2, 0) is 9.59 Å². The Hall–Kier alpha value is -2.04. The Labute approximate surface area is 125 Å². The molecule has 1 aromatic carbocycles. The zero-order valence-electron chi connectivity index (χ0n) is 12.8. The number of carbonyl (C=O) groups excluding carboxylic acids is 1. The molecule has 5 heteroatoms. The average Bonchev–Trinajstić information content (AvgIpc) is 2.37. The lowest BCUT2D eigenvalue weighted by molar-refractivity contribution is -0.137. The Morgan fingerprint density at radius 3 is 2.62 bits per heavy atom. The number of aryl methyl sites for hydroxylation is 2. The summed E-state index contributed by atoms with van der Waals surface area (Å²) >= 11 is 0. The molecule has 0 aliphatic rings. The number of hydrogen-bond acceptors (Lipinski definition) is 3. The number of ether oxygens (including phenoxy) is 1. The molecule has 1 rings (SSSR count).